The normalized spacial score (nSPS) is 39.8. The molecule has 1 N–H and O–H groups in total. The molecule has 4 bridgehead atoms. The second-order valence-corrected chi connectivity index (χ2v) is 8.09. The van der Waals surface area contributed by atoms with Crippen molar-refractivity contribution in [1.82, 2.24) is 9.97 Å². The van der Waals surface area contributed by atoms with Crippen LogP contribution in [0.4, 0.5) is 0 Å². The lowest BCUT2D eigenvalue weighted by atomic mass is 9.49. The molecule has 4 saturated carbocycles. The van der Waals surface area contributed by atoms with Gasteiger partial charge in [0.25, 0.3) is 5.56 Å². The number of aromatic amines is 1. The Kier molecular flexibility index (Phi) is 2.64. The van der Waals surface area contributed by atoms with Gasteiger partial charge in [-0.25, -0.2) is 4.98 Å². The van der Waals surface area contributed by atoms with Crippen molar-refractivity contribution in [3.63, 3.8) is 0 Å². The van der Waals surface area contributed by atoms with Gasteiger partial charge in [0.05, 0.1) is 9.26 Å². The lowest BCUT2D eigenvalue weighted by Gasteiger charge is -2.56. The first-order chi connectivity index (χ1) is 9.06. The van der Waals surface area contributed by atoms with Crippen LogP contribution in [-0.4, -0.2) is 9.97 Å². The third-order valence-corrected chi connectivity index (χ3v) is 6.84. The Bertz CT molecular complexity index is 557. The lowest BCUT2D eigenvalue weighted by Crippen LogP contribution is -2.50. The van der Waals surface area contributed by atoms with Crippen LogP contribution in [0, 0.1) is 28.2 Å². The summed E-state index contributed by atoms with van der Waals surface area (Å²) < 4.78 is 0.742. The third-order valence-electron chi connectivity index (χ3n) is 5.57. The fourth-order valence-electron chi connectivity index (χ4n) is 5.22. The second kappa shape index (κ2) is 4.06. The molecule has 0 saturated heterocycles. The molecule has 4 aliphatic rings. The van der Waals surface area contributed by atoms with Crippen molar-refractivity contribution in [2.45, 2.75) is 50.9 Å². The van der Waals surface area contributed by atoms with Crippen LogP contribution < -0.4 is 5.56 Å². The standard InChI is InChI=1S/C15H19IN2O/c1-8-12(16)13(19)18-14(17-8)15-5-9-2-10(6-15)4-11(3-9)7-15/h9-11H,2-7H2,1H3,(H,17,18,19). The molecule has 4 aliphatic carbocycles. The highest BCUT2D eigenvalue weighted by atomic mass is 127. The van der Waals surface area contributed by atoms with E-state index in [9.17, 15) is 4.79 Å². The summed E-state index contributed by atoms with van der Waals surface area (Å²) in [6.07, 6.45) is 8.03. The number of nitrogens with one attached hydrogen (secondary N) is 1. The minimum Gasteiger partial charge on any atom is -0.309 e. The number of halogens is 1. The maximum absolute atomic E-state index is 12.1. The third kappa shape index (κ3) is 1.82. The lowest BCUT2D eigenvalue weighted by molar-refractivity contribution is -0.00960. The first-order valence-electron chi connectivity index (χ1n) is 7.33. The quantitative estimate of drug-likeness (QED) is 0.772. The summed E-state index contributed by atoms with van der Waals surface area (Å²) in [6.45, 7) is 1.96. The second-order valence-electron chi connectivity index (χ2n) is 7.01. The van der Waals surface area contributed by atoms with E-state index in [0.717, 1.165) is 32.8 Å². The molecule has 0 amide bonds. The highest BCUT2D eigenvalue weighted by Crippen LogP contribution is 2.59. The molecule has 5 rings (SSSR count). The van der Waals surface area contributed by atoms with Crippen LogP contribution in [0.3, 0.4) is 0 Å². The maximum Gasteiger partial charge on any atom is 0.264 e. The van der Waals surface area contributed by atoms with Gasteiger partial charge in [-0.05, 0) is 85.8 Å². The highest BCUT2D eigenvalue weighted by molar-refractivity contribution is 14.1. The zero-order chi connectivity index (χ0) is 13.2. The van der Waals surface area contributed by atoms with Crippen LogP contribution in [0.25, 0.3) is 0 Å². The predicted octanol–water partition coefficient (Wildman–Crippen LogP) is 3.15. The Balaban J connectivity index is 1.82. The molecule has 4 heteroatoms. The summed E-state index contributed by atoms with van der Waals surface area (Å²) in [5, 5.41) is 0. The van der Waals surface area contributed by atoms with E-state index in [4.69, 9.17) is 4.98 Å². The number of hydrogen-bond donors (Lipinski definition) is 1. The van der Waals surface area contributed by atoms with Crippen molar-refractivity contribution in [3.05, 3.63) is 25.4 Å². The molecule has 0 aromatic carbocycles. The molecule has 0 aliphatic heterocycles. The molecule has 0 unspecified atom stereocenters. The van der Waals surface area contributed by atoms with E-state index >= 15 is 0 Å². The van der Waals surface area contributed by atoms with Crippen LogP contribution >= 0.6 is 22.6 Å². The molecule has 19 heavy (non-hydrogen) atoms. The van der Waals surface area contributed by atoms with Crippen LogP contribution in [0.15, 0.2) is 4.79 Å². The summed E-state index contributed by atoms with van der Waals surface area (Å²) in [5.74, 6) is 3.65. The molecule has 0 spiro atoms. The summed E-state index contributed by atoms with van der Waals surface area (Å²) in [7, 11) is 0. The summed E-state index contributed by atoms with van der Waals surface area (Å²) in [6, 6.07) is 0. The molecule has 102 valence electrons. The van der Waals surface area contributed by atoms with Crippen molar-refractivity contribution >= 4 is 22.6 Å². The summed E-state index contributed by atoms with van der Waals surface area (Å²) in [4.78, 5) is 19.9. The van der Waals surface area contributed by atoms with Gasteiger partial charge in [0.15, 0.2) is 0 Å². The van der Waals surface area contributed by atoms with E-state index in [1.807, 2.05) is 6.92 Å². The van der Waals surface area contributed by atoms with Gasteiger partial charge in [-0.15, -0.1) is 0 Å². The topological polar surface area (TPSA) is 45.8 Å². The van der Waals surface area contributed by atoms with Gasteiger partial charge in [-0.3, -0.25) is 4.79 Å². The van der Waals surface area contributed by atoms with Crippen molar-refractivity contribution in [1.29, 1.82) is 0 Å². The van der Waals surface area contributed by atoms with Crippen LogP contribution in [0.1, 0.15) is 50.0 Å². The molecule has 1 aromatic rings. The first-order valence-corrected chi connectivity index (χ1v) is 8.40. The van der Waals surface area contributed by atoms with E-state index in [0.29, 0.717) is 0 Å². The van der Waals surface area contributed by atoms with Crippen LogP contribution in [-0.2, 0) is 5.41 Å². The smallest absolute Gasteiger partial charge is 0.264 e. The largest absolute Gasteiger partial charge is 0.309 e. The van der Waals surface area contributed by atoms with Gasteiger partial charge < -0.3 is 4.98 Å². The molecule has 0 atom stereocenters. The summed E-state index contributed by atoms with van der Waals surface area (Å²) in [5.41, 5.74) is 1.15. The Morgan fingerprint density at radius 2 is 1.68 bits per heavy atom. The Morgan fingerprint density at radius 3 is 2.16 bits per heavy atom. The van der Waals surface area contributed by atoms with Crippen LogP contribution in [0.5, 0.6) is 0 Å². The molecule has 3 nitrogen and oxygen atoms in total. The van der Waals surface area contributed by atoms with Gasteiger partial charge in [0, 0.05) is 5.41 Å². The average Bonchev–Trinajstić information content (AvgIpc) is 2.33. The maximum atomic E-state index is 12.1. The minimum absolute atomic E-state index is 0.0545. The fourth-order valence-corrected chi connectivity index (χ4v) is 5.48. The van der Waals surface area contributed by atoms with E-state index in [1.165, 1.54) is 38.5 Å². The van der Waals surface area contributed by atoms with Crippen molar-refractivity contribution < 1.29 is 0 Å². The van der Waals surface area contributed by atoms with E-state index in [1.54, 1.807) is 0 Å². The minimum atomic E-state index is 0.0545. The molecule has 0 radical (unpaired) electrons. The Labute approximate surface area is 126 Å². The molecular weight excluding hydrogens is 351 g/mol. The van der Waals surface area contributed by atoms with E-state index in [2.05, 4.69) is 27.6 Å². The monoisotopic (exact) mass is 370 g/mol. The molecule has 4 fully saturated rings. The highest BCUT2D eigenvalue weighted by Gasteiger charge is 2.52. The van der Waals surface area contributed by atoms with E-state index in [-0.39, 0.29) is 11.0 Å². The summed E-state index contributed by atoms with van der Waals surface area (Å²) >= 11 is 2.10. The number of H-pyrrole nitrogens is 1. The number of nitrogens with zero attached hydrogens (tertiary/aromatic N) is 1. The first kappa shape index (κ1) is 12.4. The van der Waals surface area contributed by atoms with E-state index < -0.39 is 0 Å². The predicted molar refractivity (Wildman–Crippen MR) is 82.2 cm³/mol. The average molecular weight is 370 g/mol. The number of aromatic nitrogens is 2. The molecule has 1 aromatic heterocycles. The zero-order valence-corrected chi connectivity index (χ0v) is 13.4. The van der Waals surface area contributed by atoms with Crippen molar-refractivity contribution in [2.24, 2.45) is 17.8 Å². The number of hydrogen-bond acceptors (Lipinski definition) is 2. The van der Waals surface area contributed by atoms with Crippen molar-refractivity contribution in [2.75, 3.05) is 0 Å². The Morgan fingerprint density at radius 1 is 1.16 bits per heavy atom. The van der Waals surface area contributed by atoms with Gasteiger partial charge in [0.1, 0.15) is 5.82 Å². The Hall–Kier alpha value is -0.390. The number of rotatable bonds is 1. The fraction of sp³-hybridized carbons (Fsp3) is 0.733. The van der Waals surface area contributed by atoms with Gasteiger partial charge in [0.2, 0.25) is 0 Å². The molecular formula is C15H19IN2O. The van der Waals surface area contributed by atoms with Gasteiger partial charge >= 0.3 is 0 Å². The zero-order valence-electron chi connectivity index (χ0n) is 11.2. The molecule has 1 heterocycles. The SMILES string of the molecule is Cc1nc(C23CC4CC(CC(C4)C2)C3)[nH]c(=O)c1I. The van der Waals surface area contributed by atoms with Crippen molar-refractivity contribution in [3.8, 4) is 0 Å². The van der Waals surface area contributed by atoms with Gasteiger partial charge in [-0.1, -0.05) is 0 Å². The van der Waals surface area contributed by atoms with Gasteiger partial charge in [-0.2, -0.15) is 0 Å². The van der Waals surface area contributed by atoms with Crippen LogP contribution in [0.2, 0.25) is 0 Å². The number of aryl methyl sites for hydroxylation is 1.